The Labute approximate surface area is 169 Å². The van der Waals surface area contributed by atoms with Gasteiger partial charge in [-0.25, -0.2) is 9.18 Å². The number of aromatic nitrogens is 2. The molecular weight excluding hydrogens is 381 g/mol. The maximum atomic E-state index is 14.2. The van der Waals surface area contributed by atoms with E-state index in [0.29, 0.717) is 18.5 Å². The molecule has 28 heavy (non-hydrogen) atoms. The van der Waals surface area contributed by atoms with Crippen molar-refractivity contribution < 1.29 is 13.9 Å². The van der Waals surface area contributed by atoms with E-state index in [4.69, 9.17) is 28.4 Å². The number of anilines is 1. The summed E-state index contributed by atoms with van der Waals surface area (Å²) in [5.74, 6) is -0.342. The lowest BCUT2D eigenvalue weighted by Crippen LogP contribution is -2.49. The fourth-order valence-corrected chi connectivity index (χ4v) is 3.05. The third-order valence-electron chi connectivity index (χ3n) is 4.57. The summed E-state index contributed by atoms with van der Waals surface area (Å²) in [6.45, 7) is 8.82. The standard InChI is InChI=1S/C19H26FN5O2S/c1-5-12(20)15(21)19(9-6-10-19)11-25(17(26)27-18(2,3)4)14-8-7-13(16(22)28)23-24-14/h5,7-8H,1,6,9-11,21H2,2-4H3,(H2,22,28)/b15-12+. The van der Waals surface area contributed by atoms with E-state index in [1.807, 2.05) is 0 Å². The van der Waals surface area contributed by atoms with Crippen LogP contribution in [-0.2, 0) is 4.74 Å². The van der Waals surface area contributed by atoms with E-state index in [1.165, 1.54) is 4.90 Å². The van der Waals surface area contributed by atoms with Gasteiger partial charge in [0.2, 0.25) is 0 Å². The van der Waals surface area contributed by atoms with Crippen molar-refractivity contribution >= 4 is 29.1 Å². The second kappa shape index (κ2) is 8.22. The van der Waals surface area contributed by atoms with E-state index in [-0.39, 0.29) is 23.0 Å². The number of halogens is 1. The molecule has 9 heteroatoms. The predicted octanol–water partition coefficient (Wildman–Crippen LogP) is 3.35. The largest absolute Gasteiger partial charge is 0.443 e. The molecule has 0 unspecified atom stereocenters. The number of amides is 1. The topological polar surface area (TPSA) is 107 Å². The summed E-state index contributed by atoms with van der Waals surface area (Å²) in [5, 5.41) is 8.00. The van der Waals surface area contributed by atoms with E-state index in [0.717, 1.165) is 12.5 Å². The van der Waals surface area contributed by atoms with Gasteiger partial charge in [-0.05, 0) is 51.8 Å². The molecule has 7 nitrogen and oxygen atoms in total. The van der Waals surface area contributed by atoms with Gasteiger partial charge in [-0.3, -0.25) is 4.90 Å². The zero-order chi connectivity index (χ0) is 21.1. The molecule has 0 aromatic carbocycles. The Kier molecular flexibility index (Phi) is 6.38. The van der Waals surface area contributed by atoms with Gasteiger partial charge in [-0.15, -0.1) is 10.2 Å². The van der Waals surface area contributed by atoms with E-state index < -0.39 is 22.9 Å². The average molecular weight is 408 g/mol. The fraction of sp³-hybridized carbons (Fsp3) is 0.474. The molecule has 1 saturated carbocycles. The van der Waals surface area contributed by atoms with Crippen LogP contribution in [0.3, 0.4) is 0 Å². The smallest absolute Gasteiger partial charge is 0.416 e. The summed E-state index contributed by atoms with van der Waals surface area (Å²) >= 11 is 4.88. The van der Waals surface area contributed by atoms with E-state index in [9.17, 15) is 9.18 Å². The van der Waals surface area contributed by atoms with Crippen molar-refractivity contribution in [1.82, 2.24) is 10.2 Å². The molecule has 1 heterocycles. The number of nitrogens with zero attached hydrogens (tertiary/aromatic N) is 3. The van der Waals surface area contributed by atoms with Crippen molar-refractivity contribution in [3.8, 4) is 0 Å². The Morgan fingerprint density at radius 2 is 2.04 bits per heavy atom. The molecule has 1 aliphatic carbocycles. The summed E-state index contributed by atoms with van der Waals surface area (Å²) in [7, 11) is 0. The van der Waals surface area contributed by atoms with Gasteiger partial charge in [-0.1, -0.05) is 25.2 Å². The van der Waals surface area contributed by atoms with Gasteiger partial charge in [0.15, 0.2) is 5.82 Å². The minimum absolute atomic E-state index is 0.0787. The molecule has 2 rings (SSSR count). The van der Waals surface area contributed by atoms with Crippen LogP contribution in [0.25, 0.3) is 0 Å². The highest BCUT2D eigenvalue weighted by atomic mass is 32.1. The molecule has 152 valence electrons. The normalized spacial score (nSPS) is 16.4. The SMILES string of the molecule is C=C/C(F)=C(\N)C1(CN(C(=O)OC(C)(C)C)c2ccc(C(N)=S)nn2)CCC1. The highest BCUT2D eigenvalue weighted by Crippen LogP contribution is 2.47. The average Bonchev–Trinajstić information content (AvgIpc) is 2.58. The van der Waals surface area contributed by atoms with Crippen molar-refractivity contribution in [1.29, 1.82) is 0 Å². The first-order valence-corrected chi connectivity index (χ1v) is 9.32. The van der Waals surface area contributed by atoms with Gasteiger partial charge in [0.1, 0.15) is 22.1 Å². The van der Waals surface area contributed by atoms with Crippen molar-refractivity contribution in [3.63, 3.8) is 0 Å². The predicted molar refractivity (Wildman–Crippen MR) is 110 cm³/mol. The van der Waals surface area contributed by atoms with E-state index in [1.54, 1.807) is 32.9 Å². The number of carbonyl (C=O) groups is 1. The maximum Gasteiger partial charge on any atom is 0.416 e. The number of carbonyl (C=O) groups excluding carboxylic acids is 1. The van der Waals surface area contributed by atoms with Gasteiger partial charge in [-0.2, -0.15) is 0 Å². The Morgan fingerprint density at radius 3 is 2.43 bits per heavy atom. The Morgan fingerprint density at radius 1 is 1.39 bits per heavy atom. The van der Waals surface area contributed by atoms with Crippen LogP contribution in [0, 0.1) is 5.41 Å². The van der Waals surface area contributed by atoms with Crippen LogP contribution in [0.2, 0.25) is 0 Å². The quantitative estimate of drug-likeness (QED) is 0.550. The van der Waals surface area contributed by atoms with Crippen LogP contribution < -0.4 is 16.4 Å². The number of rotatable bonds is 6. The zero-order valence-electron chi connectivity index (χ0n) is 16.4. The van der Waals surface area contributed by atoms with Crippen molar-refractivity contribution in [2.24, 2.45) is 16.9 Å². The lowest BCUT2D eigenvalue weighted by Gasteiger charge is -2.45. The second-order valence-electron chi connectivity index (χ2n) is 7.81. The van der Waals surface area contributed by atoms with Gasteiger partial charge in [0.05, 0.1) is 5.70 Å². The van der Waals surface area contributed by atoms with Gasteiger partial charge in [0.25, 0.3) is 0 Å². The fourth-order valence-electron chi connectivity index (χ4n) is 2.94. The summed E-state index contributed by atoms with van der Waals surface area (Å²) < 4.78 is 19.7. The van der Waals surface area contributed by atoms with Crippen molar-refractivity contribution in [3.05, 3.63) is 42.0 Å². The van der Waals surface area contributed by atoms with Gasteiger partial charge in [0, 0.05) is 12.0 Å². The third-order valence-corrected chi connectivity index (χ3v) is 4.78. The summed E-state index contributed by atoms with van der Waals surface area (Å²) in [6.07, 6.45) is 2.60. The molecule has 1 aromatic heterocycles. The van der Waals surface area contributed by atoms with Crippen LogP contribution in [0.4, 0.5) is 15.0 Å². The summed E-state index contributed by atoms with van der Waals surface area (Å²) in [6, 6.07) is 3.14. The van der Waals surface area contributed by atoms with E-state index >= 15 is 0 Å². The molecule has 4 N–H and O–H groups in total. The molecule has 0 spiro atoms. The molecule has 1 aromatic rings. The Balaban J connectivity index is 2.42. The number of nitrogens with two attached hydrogens (primary N) is 2. The summed E-state index contributed by atoms with van der Waals surface area (Å²) in [4.78, 5) is 14.3. The maximum absolute atomic E-state index is 14.2. The number of allylic oxidation sites excluding steroid dienone is 2. The Bertz CT molecular complexity index is 798. The first-order chi connectivity index (χ1) is 13.0. The molecule has 0 saturated heterocycles. The molecular formula is C19H26FN5O2S. The molecule has 1 amide bonds. The van der Waals surface area contributed by atoms with Crippen LogP contribution in [-0.4, -0.2) is 33.4 Å². The zero-order valence-corrected chi connectivity index (χ0v) is 17.2. The monoisotopic (exact) mass is 407 g/mol. The molecule has 1 aliphatic rings. The highest BCUT2D eigenvalue weighted by molar-refractivity contribution is 7.80. The van der Waals surface area contributed by atoms with Crippen LogP contribution >= 0.6 is 12.2 Å². The lowest BCUT2D eigenvalue weighted by molar-refractivity contribution is 0.0545. The van der Waals surface area contributed by atoms with E-state index in [2.05, 4.69) is 16.8 Å². The lowest BCUT2D eigenvalue weighted by atomic mass is 9.66. The molecule has 1 fully saturated rings. The number of hydrogen-bond acceptors (Lipinski definition) is 6. The summed E-state index contributed by atoms with van der Waals surface area (Å²) in [5.41, 5.74) is 10.6. The Hall–Kier alpha value is -2.55. The minimum Gasteiger partial charge on any atom is -0.443 e. The van der Waals surface area contributed by atoms with Crippen LogP contribution in [0.15, 0.2) is 36.3 Å². The molecule has 0 bridgehead atoms. The van der Waals surface area contributed by atoms with Crippen molar-refractivity contribution in [2.75, 3.05) is 11.4 Å². The van der Waals surface area contributed by atoms with Gasteiger partial charge >= 0.3 is 6.09 Å². The number of thiocarbonyl (C=S) groups is 1. The molecule has 0 aliphatic heterocycles. The first-order valence-electron chi connectivity index (χ1n) is 8.91. The second-order valence-corrected chi connectivity index (χ2v) is 8.25. The first kappa shape index (κ1) is 21.7. The third kappa shape index (κ3) is 4.83. The molecule has 0 atom stereocenters. The molecule has 0 radical (unpaired) electrons. The minimum atomic E-state index is -0.720. The highest BCUT2D eigenvalue weighted by Gasteiger charge is 2.44. The number of ether oxygens (including phenoxy) is 1. The van der Waals surface area contributed by atoms with Crippen molar-refractivity contribution in [2.45, 2.75) is 45.6 Å². The van der Waals surface area contributed by atoms with Crippen LogP contribution in [0.1, 0.15) is 45.7 Å². The van der Waals surface area contributed by atoms with Gasteiger partial charge < -0.3 is 16.2 Å². The van der Waals surface area contributed by atoms with Crippen LogP contribution in [0.5, 0.6) is 0 Å². The number of hydrogen-bond donors (Lipinski definition) is 2.